The summed E-state index contributed by atoms with van der Waals surface area (Å²) in [6, 6.07) is 4.35. The minimum atomic E-state index is -3.53. The summed E-state index contributed by atoms with van der Waals surface area (Å²) < 4.78 is 32.9. The van der Waals surface area contributed by atoms with Gasteiger partial charge in [0.1, 0.15) is 0 Å². The van der Waals surface area contributed by atoms with Gasteiger partial charge in [0.2, 0.25) is 10.0 Å². The summed E-state index contributed by atoms with van der Waals surface area (Å²) in [7, 11) is -3.53. The molecule has 1 aliphatic heterocycles. The first kappa shape index (κ1) is 14.3. The van der Waals surface area contributed by atoms with E-state index >= 15 is 0 Å². The smallest absolute Gasteiger partial charge is 0.240 e. The van der Waals surface area contributed by atoms with Crippen molar-refractivity contribution in [3.63, 3.8) is 0 Å². The summed E-state index contributed by atoms with van der Waals surface area (Å²) in [4.78, 5) is 0.192. The highest BCUT2D eigenvalue weighted by Gasteiger charge is 2.29. The minimum Gasteiger partial charge on any atom is -0.377 e. The van der Waals surface area contributed by atoms with Gasteiger partial charge in [-0.05, 0) is 47.5 Å². The van der Waals surface area contributed by atoms with Gasteiger partial charge < -0.3 is 4.74 Å². The molecule has 2 rings (SSSR count). The summed E-state index contributed by atoms with van der Waals surface area (Å²) >= 11 is 9.06. The summed E-state index contributed by atoms with van der Waals surface area (Å²) in [6.07, 6.45) is 0.588. The lowest BCUT2D eigenvalue weighted by Crippen LogP contribution is -2.39. The van der Waals surface area contributed by atoms with Crippen molar-refractivity contribution in [2.75, 3.05) is 6.61 Å². The first-order chi connectivity index (χ1) is 8.40. The lowest BCUT2D eigenvalue weighted by molar-refractivity contribution is 0.117. The second kappa shape index (κ2) is 5.46. The van der Waals surface area contributed by atoms with Crippen LogP contribution in [-0.4, -0.2) is 27.2 Å². The van der Waals surface area contributed by atoms with Crippen LogP contribution in [0.4, 0.5) is 0 Å². The Morgan fingerprint density at radius 2 is 2.22 bits per heavy atom. The normalized spacial score (nSPS) is 24.4. The molecule has 4 nitrogen and oxygen atoms in total. The van der Waals surface area contributed by atoms with Gasteiger partial charge in [0.05, 0.1) is 22.1 Å². The molecule has 7 heteroatoms. The zero-order valence-corrected chi connectivity index (χ0v) is 12.8. The third kappa shape index (κ3) is 3.05. The van der Waals surface area contributed by atoms with E-state index in [1.807, 2.05) is 6.92 Å². The molecule has 0 aliphatic carbocycles. The first-order valence-electron chi connectivity index (χ1n) is 5.49. The molecule has 1 aromatic rings. The van der Waals surface area contributed by atoms with Crippen molar-refractivity contribution in [3.8, 4) is 0 Å². The minimum absolute atomic E-state index is 0.101. The molecule has 0 bridgehead atoms. The molecule has 1 aromatic carbocycles. The van der Waals surface area contributed by atoms with Gasteiger partial charge in [-0.2, -0.15) is 0 Å². The average molecular weight is 355 g/mol. The lowest BCUT2D eigenvalue weighted by atomic mass is 10.2. The van der Waals surface area contributed by atoms with E-state index in [1.165, 1.54) is 12.1 Å². The highest BCUT2D eigenvalue weighted by atomic mass is 79.9. The highest BCUT2D eigenvalue weighted by molar-refractivity contribution is 9.10. The predicted molar refractivity (Wildman–Crippen MR) is 73.3 cm³/mol. The number of nitrogens with one attached hydrogen (secondary N) is 1. The van der Waals surface area contributed by atoms with E-state index in [4.69, 9.17) is 16.3 Å². The van der Waals surface area contributed by atoms with Gasteiger partial charge >= 0.3 is 0 Å². The van der Waals surface area contributed by atoms with Crippen molar-refractivity contribution < 1.29 is 13.2 Å². The van der Waals surface area contributed by atoms with Crippen LogP contribution in [0.3, 0.4) is 0 Å². The van der Waals surface area contributed by atoms with Crippen LogP contribution in [0, 0.1) is 0 Å². The topological polar surface area (TPSA) is 55.4 Å². The van der Waals surface area contributed by atoms with Crippen molar-refractivity contribution in [3.05, 3.63) is 27.7 Å². The van der Waals surface area contributed by atoms with Crippen molar-refractivity contribution in [1.29, 1.82) is 0 Å². The fourth-order valence-corrected chi connectivity index (χ4v) is 3.81. The molecular formula is C11H13BrClNO3S. The largest absolute Gasteiger partial charge is 0.377 e. The zero-order valence-electron chi connectivity index (χ0n) is 9.69. The molecule has 1 saturated heterocycles. The van der Waals surface area contributed by atoms with Crippen molar-refractivity contribution >= 4 is 37.6 Å². The SMILES string of the molecule is CC1OCCC1NS(=O)(=O)c1ccc(Cl)c(Br)c1. The molecule has 0 aromatic heterocycles. The number of sulfonamides is 1. The summed E-state index contributed by atoms with van der Waals surface area (Å²) in [5, 5.41) is 0.478. The van der Waals surface area contributed by atoms with Crippen LogP contribution in [0.1, 0.15) is 13.3 Å². The van der Waals surface area contributed by atoms with Crippen LogP contribution in [-0.2, 0) is 14.8 Å². The molecule has 1 heterocycles. The van der Waals surface area contributed by atoms with Crippen LogP contribution >= 0.6 is 27.5 Å². The van der Waals surface area contributed by atoms with E-state index in [0.717, 1.165) is 0 Å². The third-order valence-electron chi connectivity index (χ3n) is 2.88. The molecule has 0 radical (unpaired) electrons. The molecule has 1 N–H and O–H groups in total. The Balaban J connectivity index is 2.22. The van der Waals surface area contributed by atoms with Gasteiger partial charge in [-0.15, -0.1) is 0 Å². The summed E-state index contributed by atoms with van der Waals surface area (Å²) in [5.41, 5.74) is 0. The van der Waals surface area contributed by atoms with E-state index in [1.54, 1.807) is 6.07 Å². The third-order valence-corrected chi connectivity index (χ3v) is 5.59. The van der Waals surface area contributed by atoms with Crippen LogP contribution in [0.2, 0.25) is 5.02 Å². The second-order valence-electron chi connectivity index (χ2n) is 4.17. The van der Waals surface area contributed by atoms with Crippen molar-refractivity contribution in [2.45, 2.75) is 30.4 Å². The molecule has 1 aliphatic rings. The first-order valence-corrected chi connectivity index (χ1v) is 8.14. The van der Waals surface area contributed by atoms with E-state index < -0.39 is 10.0 Å². The van der Waals surface area contributed by atoms with Gasteiger partial charge in [-0.1, -0.05) is 11.6 Å². The monoisotopic (exact) mass is 353 g/mol. The highest BCUT2D eigenvalue weighted by Crippen LogP contribution is 2.26. The van der Waals surface area contributed by atoms with E-state index in [9.17, 15) is 8.42 Å². The lowest BCUT2D eigenvalue weighted by Gasteiger charge is -2.16. The maximum absolute atomic E-state index is 12.2. The molecule has 0 spiro atoms. The molecular weight excluding hydrogens is 342 g/mol. The quantitative estimate of drug-likeness (QED) is 0.907. The van der Waals surface area contributed by atoms with Gasteiger partial charge in [-0.3, -0.25) is 0 Å². The fraction of sp³-hybridized carbons (Fsp3) is 0.455. The van der Waals surface area contributed by atoms with Crippen molar-refractivity contribution in [1.82, 2.24) is 4.72 Å². The number of benzene rings is 1. The maximum atomic E-state index is 12.2. The molecule has 0 saturated carbocycles. The van der Waals surface area contributed by atoms with E-state index in [-0.39, 0.29) is 17.0 Å². The molecule has 0 amide bonds. The zero-order chi connectivity index (χ0) is 13.3. The number of rotatable bonds is 3. The standard InChI is InChI=1S/C11H13BrClNO3S/c1-7-11(4-5-17-7)14-18(15,16)8-2-3-10(13)9(12)6-8/h2-3,6-7,11,14H,4-5H2,1H3. The molecule has 100 valence electrons. The number of hydrogen-bond acceptors (Lipinski definition) is 3. The Morgan fingerprint density at radius 3 is 2.78 bits per heavy atom. The Kier molecular flexibility index (Phi) is 4.33. The number of hydrogen-bond donors (Lipinski definition) is 1. The number of ether oxygens (including phenoxy) is 1. The van der Waals surface area contributed by atoms with Gasteiger partial charge in [0, 0.05) is 11.1 Å². The summed E-state index contributed by atoms with van der Waals surface area (Å²) in [5.74, 6) is 0. The molecule has 18 heavy (non-hydrogen) atoms. The van der Waals surface area contributed by atoms with Crippen molar-refractivity contribution in [2.24, 2.45) is 0 Å². The number of halogens is 2. The van der Waals surface area contributed by atoms with Crippen LogP contribution < -0.4 is 4.72 Å². The van der Waals surface area contributed by atoms with Gasteiger partial charge in [0.25, 0.3) is 0 Å². The van der Waals surface area contributed by atoms with E-state index in [0.29, 0.717) is 22.5 Å². The van der Waals surface area contributed by atoms with Crippen LogP contribution in [0.15, 0.2) is 27.6 Å². The average Bonchev–Trinajstić information content (AvgIpc) is 2.67. The second-order valence-corrected chi connectivity index (χ2v) is 7.14. The molecule has 1 fully saturated rings. The molecule has 2 unspecified atom stereocenters. The van der Waals surface area contributed by atoms with E-state index in [2.05, 4.69) is 20.7 Å². The maximum Gasteiger partial charge on any atom is 0.240 e. The van der Waals surface area contributed by atoms with Gasteiger partial charge in [-0.25, -0.2) is 13.1 Å². The summed E-state index contributed by atoms with van der Waals surface area (Å²) in [6.45, 7) is 2.44. The predicted octanol–water partition coefficient (Wildman–Crippen LogP) is 2.56. The van der Waals surface area contributed by atoms with Crippen LogP contribution in [0.25, 0.3) is 0 Å². The Labute approximate surface area is 120 Å². The Morgan fingerprint density at radius 1 is 1.50 bits per heavy atom. The van der Waals surface area contributed by atoms with Crippen LogP contribution in [0.5, 0.6) is 0 Å². The molecule has 2 atom stereocenters. The van der Waals surface area contributed by atoms with Gasteiger partial charge in [0.15, 0.2) is 0 Å². The Bertz CT molecular complexity index is 549. The fourth-order valence-electron chi connectivity index (χ4n) is 1.80. The Hall–Kier alpha value is -0.140.